The Morgan fingerprint density at radius 2 is 1.93 bits per heavy atom. The van der Waals surface area contributed by atoms with Crippen LogP contribution in [0.2, 0.25) is 0 Å². The molecule has 1 aliphatic carbocycles. The van der Waals surface area contributed by atoms with Crippen LogP contribution in [-0.4, -0.2) is 68.3 Å². The van der Waals surface area contributed by atoms with Crippen molar-refractivity contribution in [1.29, 1.82) is 0 Å². The van der Waals surface area contributed by atoms with Gasteiger partial charge in [-0.05, 0) is 43.2 Å². The van der Waals surface area contributed by atoms with Crippen LogP contribution in [0.3, 0.4) is 0 Å². The number of benzene rings is 1. The van der Waals surface area contributed by atoms with Crippen LogP contribution in [-0.2, 0) is 9.53 Å². The third-order valence-corrected chi connectivity index (χ3v) is 7.02. The lowest BCUT2D eigenvalue weighted by Gasteiger charge is -2.43. The van der Waals surface area contributed by atoms with E-state index in [0.717, 1.165) is 44.3 Å². The van der Waals surface area contributed by atoms with Crippen molar-refractivity contribution in [2.75, 3.05) is 46.5 Å². The molecule has 1 aromatic carbocycles. The Morgan fingerprint density at radius 1 is 1.19 bits per heavy atom. The maximum atomic E-state index is 12.6. The smallest absolute Gasteiger partial charge is 0.260 e. The molecule has 1 spiro atoms. The first kappa shape index (κ1) is 18.8. The number of carbonyl (C=O) groups is 1. The van der Waals surface area contributed by atoms with E-state index in [1.807, 2.05) is 42.3 Å². The predicted octanol–water partition coefficient (Wildman–Crippen LogP) is 2.80. The third kappa shape index (κ3) is 3.99. The summed E-state index contributed by atoms with van der Waals surface area (Å²) < 4.78 is 11.2. The number of likely N-dealkylation sites (tertiary alicyclic amines) is 2. The van der Waals surface area contributed by atoms with Gasteiger partial charge in [0.1, 0.15) is 5.75 Å². The number of hydrogen-bond donors (Lipinski definition) is 0. The van der Waals surface area contributed by atoms with Crippen molar-refractivity contribution in [1.82, 2.24) is 9.80 Å². The normalized spacial score (nSPS) is 25.5. The molecular weight excluding hydrogens is 340 g/mol. The monoisotopic (exact) mass is 372 g/mol. The van der Waals surface area contributed by atoms with Crippen LogP contribution < -0.4 is 4.74 Å². The van der Waals surface area contributed by atoms with E-state index in [1.165, 1.54) is 32.4 Å². The molecule has 3 aliphatic rings. The summed E-state index contributed by atoms with van der Waals surface area (Å²) >= 11 is 0. The Morgan fingerprint density at radius 3 is 2.56 bits per heavy atom. The number of nitrogens with zero attached hydrogens (tertiary/aromatic N) is 2. The van der Waals surface area contributed by atoms with Crippen LogP contribution in [0.4, 0.5) is 0 Å². The quantitative estimate of drug-likeness (QED) is 0.770. The minimum Gasteiger partial charge on any atom is -0.484 e. The molecule has 1 atom stereocenters. The van der Waals surface area contributed by atoms with Gasteiger partial charge in [0, 0.05) is 45.2 Å². The molecule has 0 bridgehead atoms. The van der Waals surface area contributed by atoms with Crippen LogP contribution in [0.25, 0.3) is 0 Å². The largest absolute Gasteiger partial charge is 0.484 e. The standard InChI is InChI=1S/C22H32N2O3/c1-26-15-18-14-24(19-6-5-7-19)17-22(18)10-12-23(13-11-22)21(25)16-27-20-8-3-2-4-9-20/h2-4,8-9,18-19H,5-7,10-17H2,1H3. The number of piperidine rings is 1. The zero-order chi connectivity index (χ0) is 18.7. The molecule has 0 radical (unpaired) electrons. The first-order valence-corrected chi connectivity index (χ1v) is 10.4. The molecule has 2 saturated heterocycles. The van der Waals surface area contributed by atoms with Crippen molar-refractivity contribution >= 4 is 5.91 Å². The van der Waals surface area contributed by atoms with Gasteiger partial charge in [0.15, 0.2) is 6.61 Å². The summed E-state index contributed by atoms with van der Waals surface area (Å²) in [6.45, 7) is 5.02. The van der Waals surface area contributed by atoms with Crippen LogP contribution >= 0.6 is 0 Å². The summed E-state index contributed by atoms with van der Waals surface area (Å²) in [7, 11) is 1.82. The molecule has 2 heterocycles. The summed E-state index contributed by atoms with van der Waals surface area (Å²) in [5.41, 5.74) is 0.322. The Kier molecular flexibility index (Phi) is 5.69. The van der Waals surface area contributed by atoms with E-state index < -0.39 is 0 Å². The van der Waals surface area contributed by atoms with E-state index in [9.17, 15) is 4.79 Å². The molecule has 5 heteroatoms. The first-order chi connectivity index (χ1) is 13.2. The molecule has 1 aromatic rings. The zero-order valence-corrected chi connectivity index (χ0v) is 16.4. The average Bonchev–Trinajstić information content (AvgIpc) is 2.97. The number of rotatable bonds is 6. The highest BCUT2D eigenvalue weighted by molar-refractivity contribution is 5.77. The number of carbonyl (C=O) groups excluding carboxylic acids is 1. The highest BCUT2D eigenvalue weighted by atomic mass is 16.5. The lowest BCUT2D eigenvalue weighted by Crippen LogP contribution is -2.48. The molecule has 0 N–H and O–H groups in total. The van der Waals surface area contributed by atoms with Gasteiger partial charge in [-0.25, -0.2) is 0 Å². The van der Waals surface area contributed by atoms with Gasteiger partial charge in [-0.3, -0.25) is 9.69 Å². The van der Waals surface area contributed by atoms with E-state index >= 15 is 0 Å². The molecule has 5 nitrogen and oxygen atoms in total. The minimum atomic E-state index is 0.103. The fourth-order valence-electron chi connectivity index (χ4n) is 5.06. The highest BCUT2D eigenvalue weighted by Crippen LogP contribution is 2.47. The number of para-hydroxylation sites is 1. The van der Waals surface area contributed by atoms with E-state index in [1.54, 1.807) is 0 Å². The van der Waals surface area contributed by atoms with Gasteiger partial charge in [-0.15, -0.1) is 0 Å². The third-order valence-electron chi connectivity index (χ3n) is 7.02. The Hall–Kier alpha value is -1.59. The Labute approximate surface area is 162 Å². The van der Waals surface area contributed by atoms with Gasteiger partial charge < -0.3 is 14.4 Å². The molecule has 2 aliphatic heterocycles. The molecule has 27 heavy (non-hydrogen) atoms. The summed E-state index contributed by atoms with van der Waals surface area (Å²) in [4.78, 5) is 17.3. The molecule has 1 unspecified atom stereocenters. The van der Waals surface area contributed by atoms with Gasteiger partial charge in [-0.2, -0.15) is 0 Å². The van der Waals surface area contributed by atoms with Crippen LogP contribution in [0.1, 0.15) is 32.1 Å². The number of amides is 1. The maximum Gasteiger partial charge on any atom is 0.260 e. The summed E-state index contributed by atoms with van der Waals surface area (Å²) in [6.07, 6.45) is 6.27. The van der Waals surface area contributed by atoms with Gasteiger partial charge in [0.25, 0.3) is 5.91 Å². The zero-order valence-electron chi connectivity index (χ0n) is 16.4. The van der Waals surface area contributed by atoms with E-state index in [-0.39, 0.29) is 12.5 Å². The first-order valence-electron chi connectivity index (χ1n) is 10.4. The fraction of sp³-hybridized carbons (Fsp3) is 0.682. The van der Waals surface area contributed by atoms with Crippen LogP contribution in [0.15, 0.2) is 30.3 Å². The molecule has 148 valence electrons. The van der Waals surface area contributed by atoms with Crippen molar-refractivity contribution in [2.24, 2.45) is 11.3 Å². The molecule has 4 rings (SSSR count). The minimum absolute atomic E-state index is 0.103. The number of methoxy groups -OCH3 is 1. The lowest BCUT2D eigenvalue weighted by molar-refractivity contribution is -0.136. The van der Waals surface area contributed by atoms with Crippen LogP contribution in [0.5, 0.6) is 5.75 Å². The SMILES string of the molecule is COCC1CN(C2CCC2)CC12CCN(C(=O)COc1ccccc1)CC2. The van der Waals surface area contributed by atoms with Gasteiger partial charge in [0.2, 0.25) is 0 Å². The summed E-state index contributed by atoms with van der Waals surface area (Å²) in [5, 5.41) is 0. The highest BCUT2D eigenvalue weighted by Gasteiger charge is 2.50. The van der Waals surface area contributed by atoms with Crippen molar-refractivity contribution in [2.45, 2.75) is 38.1 Å². The van der Waals surface area contributed by atoms with E-state index in [4.69, 9.17) is 9.47 Å². The van der Waals surface area contributed by atoms with Crippen molar-refractivity contribution in [3.8, 4) is 5.75 Å². The van der Waals surface area contributed by atoms with Gasteiger partial charge >= 0.3 is 0 Å². The van der Waals surface area contributed by atoms with Crippen molar-refractivity contribution in [3.05, 3.63) is 30.3 Å². The second-order valence-corrected chi connectivity index (χ2v) is 8.51. The Balaban J connectivity index is 1.32. The maximum absolute atomic E-state index is 12.6. The van der Waals surface area contributed by atoms with Crippen molar-refractivity contribution in [3.63, 3.8) is 0 Å². The van der Waals surface area contributed by atoms with Crippen LogP contribution in [0, 0.1) is 11.3 Å². The van der Waals surface area contributed by atoms with Gasteiger partial charge in [-0.1, -0.05) is 24.6 Å². The lowest BCUT2D eigenvalue weighted by atomic mass is 9.71. The summed E-state index contributed by atoms with van der Waals surface area (Å²) in [5.74, 6) is 1.46. The fourth-order valence-corrected chi connectivity index (χ4v) is 5.06. The summed E-state index contributed by atoms with van der Waals surface area (Å²) in [6, 6.07) is 10.4. The van der Waals surface area contributed by atoms with Gasteiger partial charge in [0.05, 0.1) is 6.61 Å². The molecule has 3 fully saturated rings. The topological polar surface area (TPSA) is 42.0 Å². The second-order valence-electron chi connectivity index (χ2n) is 8.51. The second kappa shape index (κ2) is 8.19. The molecule has 1 amide bonds. The molecule has 1 saturated carbocycles. The number of hydrogen-bond acceptors (Lipinski definition) is 4. The van der Waals surface area contributed by atoms with Crippen molar-refractivity contribution < 1.29 is 14.3 Å². The average molecular weight is 373 g/mol. The molecular formula is C22H32N2O3. The predicted molar refractivity (Wildman–Crippen MR) is 105 cm³/mol. The number of ether oxygens (including phenoxy) is 2. The Bertz CT molecular complexity index is 624. The molecule has 0 aromatic heterocycles. The van der Waals surface area contributed by atoms with E-state index in [0.29, 0.717) is 11.3 Å². The van der Waals surface area contributed by atoms with E-state index in [2.05, 4.69) is 4.90 Å².